The molecule has 2 rings (SSSR count). The summed E-state index contributed by atoms with van der Waals surface area (Å²) in [7, 11) is 1.63. The Morgan fingerprint density at radius 3 is 2.60 bits per heavy atom. The van der Waals surface area contributed by atoms with Gasteiger partial charge >= 0.3 is 5.97 Å². The zero-order valence-corrected chi connectivity index (χ0v) is 18.8. The van der Waals surface area contributed by atoms with E-state index in [9.17, 15) is 14.7 Å². The molecule has 1 amide bonds. The number of aliphatic imine (C=N–C) groups is 1. The summed E-state index contributed by atoms with van der Waals surface area (Å²) < 4.78 is 5.65. The number of carboxylic acids is 1. The number of ether oxygens (including phenoxy) is 1. The maximum atomic E-state index is 12.6. The number of hydrogen-bond acceptors (Lipinski definition) is 5. The Balaban J connectivity index is 2.10. The Morgan fingerprint density at radius 1 is 1.30 bits per heavy atom. The number of nitrogens with one attached hydrogen (secondary N) is 1. The van der Waals surface area contributed by atoms with Gasteiger partial charge in [0.25, 0.3) is 5.91 Å². The zero-order valence-electron chi connectivity index (χ0n) is 18.8. The fraction of sp³-hybridized carbons (Fsp3) is 0.522. The molecule has 164 valence electrons. The summed E-state index contributed by atoms with van der Waals surface area (Å²) in [5, 5.41) is 12.4. The average Bonchev–Trinajstić information content (AvgIpc) is 2.73. The van der Waals surface area contributed by atoms with Crippen LogP contribution in [0, 0.1) is 6.92 Å². The Bertz CT molecular complexity index is 860. The number of anilines is 1. The lowest BCUT2D eigenvalue weighted by Gasteiger charge is -2.39. The number of carbonyl (C=O) groups is 2. The number of amides is 1. The molecule has 0 radical (unpaired) electrons. The minimum atomic E-state index is -0.933. The third-order valence-corrected chi connectivity index (χ3v) is 5.81. The summed E-state index contributed by atoms with van der Waals surface area (Å²) in [5.74, 6) is -1.13. The van der Waals surface area contributed by atoms with Gasteiger partial charge in [0.2, 0.25) is 0 Å². The summed E-state index contributed by atoms with van der Waals surface area (Å²) in [4.78, 5) is 30.6. The molecule has 0 aromatic heterocycles. The number of hydrogen-bond donors (Lipinski definition) is 2. The van der Waals surface area contributed by atoms with Gasteiger partial charge in [-0.2, -0.15) is 0 Å². The van der Waals surface area contributed by atoms with Gasteiger partial charge in [0.1, 0.15) is 5.71 Å². The molecule has 30 heavy (non-hydrogen) atoms. The standard InChI is InChI=1S/C23H33N3O4/c1-7-14(2)16(4)24-17(5)22(27)25-20-10-11-26(13-21(20)30-6)18-9-8-15(3)19(12-18)23(28)29/h8-9,12,20-21H,7,10-11,13H2,1-6H3,(H,25,27)(H,28,29)/b16-14+,24-17+. The molecule has 0 bridgehead atoms. The third kappa shape index (κ3) is 5.69. The van der Waals surface area contributed by atoms with Gasteiger partial charge in [-0.1, -0.05) is 18.6 Å². The lowest BCUT2D eigenvalue weighted by atomic mass is 9.99. The van der Waals surface area contributed by atoms with E-state index in [1.165, 1.54) is 0 Å². The van der Waals surface area contributed by atoms with Gasteiger partial charge in [0, 0.05) is 31.6 Å². The Kier molecular flexibility index (Phi) is 8.17. The number of aryl methyl sites for hydroxylation is 1. The van der Waals surface area contributed by atoms with E-state index in [4.69, 9.17) is 4.74 Å². The molecule has 1 aromatic carbocycles. The molecule has 1 fully saturated rings. The van der Waals surface area contributed by atoms with Crippen LogP contribution in [0.3, 0.4) is 0 Å². The maximum absolute atomic E-state index is 12.6. The van der Waals surface area contributed by atoms with Crippen LogP contribution in [0.5, 0.6) is 0 Å². The van der Waals surface area contributed by atoms with Gasteiger partial charge in [-0.05, 0) is 58.2 Å². The fourth-order valence-electron chi connectivity index (χ4n) is 3.52. The molecule has 1 aliphatic heterocycles. The summed E-state index contributed by atoms with van der Waals surface area (Å²) >= 11 is 0. The highest BCUT2D eigenvalue weighted by Crippen LogP contribution is 2.24. The molecule has 0 spiro atoms. The van der Waals surface area contributed by atoms with Gasteiger partial charge in [-0.3, -0.25) is 9.79 Å². The van der Waals surface area contributed by atoms with E-state index in [0.717, 1.165) is 28.9 Å². The molecule has 7 nitrogen and oxygen atoms in total. The summed E-state index contributed by atoms with van der Waals surface area (Å²) in [5.41, 5.74) is 4.34. The lowest BCUT2D eigenvalue weighted by molar-refractivity contribution is -0.116. The number of allylic oxidation sites excluding steroid dienone is 2. The zero-order chi connectivity index (χ0) is 22.4. The Hall–Kier alpha value is -2.67. The van der Waals surface area contributed by atoms with Gasteiger partial charge in [-0.25, -0.2) is 4.79 Å². The highest BCUT2D eigenvalue weighted by Gasteiger charge is 2.31. The Labute approximate surface area is 178 Å². The second-order valence-electron chi connectivity index (χ2n) is 7.81. The second-order valence-corrected chi connectivity index (χ2v) is 7.81. The summed E-state index contributed by atoms with van der Waals surface area (Å²) in [6.45, 7) is 10.8. The largest absolute Gasteiger partial charge is 0.478 e. The van der Waals surface area contributed by atoms with Crippen LogP contribution in [0.15, 0.2) is 34.5 Å². The molecule has 2 atom stereocenters. The minimum absolute atomic E-state index is 0.134. The first-order valence-corrected chi connectivity index (χ1v) is 10.3. The number of aromatic carboxylic acids is 1. The van der Waals surface area contributed by atoms with Crippen LogP contribution in [0.4, 0.5) is 5.69 Å². The lowest BCUT2D eigenvalue weighted by Crippen LogP contribution is -2.55. The van der Waals surface area contributed by atoms with Gasteiger partial charge in [-0.15, -0.1) is 0 Å². The van der Waals surface area contributed by atoms with Gasteiger partial charge in [0.15, 0.2) is 0 Å². The smallest absolute Gasteiger partial charge is 0.336 e. The van der Waals surface area contributed by atoms with Crippen LogP contribution in [-0.2, 0) is 9.53 Å². The predicted molar refractivity (Wildman–Crippen MR) is 119 cm³/mol. The number of carboxylic acid groups (broad SMARTS) is 1. The predicted octanol–water partition coefficient (Wildman–Crippen LogP) is 3.57. The Morgan fingerprint density at radius 2 is 2.00 bits per heavy atom. The normalized spacial score (nSPS) is 20.6. The first kappa shape index (κ1) is 23.6. The van der Waals surface area contributed by atoms with Crippen LogP contribution in [0.25, 0.3) is 0 Å². The van der Waals surface area contributed by atoms with Crippen molar-refractivity contribution in [2.45, 2.75) is 59.6 Å². The van der Waals surface area contributed by atoms with Crippen LogP contribution >= 0.6 is 0 Å². The highest BCUT2D eigenvalue weighted by molar-refractivity contribution is 6.38. The van der Waals surface area contributed by atoms with Crippen molar-refractivity contribution in [3.63, 3.8) is 0 Å². The number of carbonyl (C=O) groups excluding carboxylic acids is 1. The molecule has 2 unspecified atom stereocenters. The molecular formula is C23H33N3O4. The van der Waals surface area contributed by atoms with E-state index in [0.29, 0.717) is 30.8 Å². The second kappa shape index (κ2) is 10.4. The van der Waals surface area contributed by atoms with Crippen molar-refractivity contribution in [1.29, 1.82) is 0 Å². The van der Waals surface area contributed by atoms with E-state index in [1.807, 2.05) is 26.0 Å². The third-order valence-electron chi connectivity index (χ3n) is 5.81. The minimum Gasteiger partial charge on any atom is -0.478 e. The van der Waals surface area contributed by atoms with E-state index < -0.39 is 5.97 Å². The molecule has 0 saturated carbocycles. The van der Waals surface area contributed by atoms with Crippen LogP contribution < -0.4 is 10.2 Å². The van der Waals surface area contributed by atoms with Crippen molar-refractivity contribution < 1.29 is 19.4 Å². The van der Waals surface area contributed by atoms with E-state index in [2.05, 4.69) is 22.1 Å². The molecular weight excluding hydrogens is 382 g/mol. The van der Waals surface area contributed by atoms with Crippen molar-refractivity contribution in [2.24, 2.45) is 4.99 Å². The highest BCUT2D eigenvalue weighted by atomic mass is 16.5. The van der Waals surface area contributed by atoms with Crippen LogP contribution in [-0.4, -0.2) is 55.0 Å². The van der Waals surface area contributed by atoms with Gasteiger partial charge in [0.05, 0.1) is 17.7 Å². The van der Waals surface area contributed by atoms with E-state index >= 15 is 0 Å². The average molecular weight is 416 g/mol. The molecule has 7 heteroatoms. The molecule has 1 saturated heterocycles. The molecule has 0 aliphatic carbocycles. The first-order valence-electron chi connectivity index (χ1n) is 10.3. The van der Waals surface area contributed by atoms with Crippen molar-refractivity contribution in [1.82, 2.24) is 5.32 Å². The topological polar surface area (TPSA) is 91.2 Å². The number of nitrogens with zero attached hydrogens (tertiary/aromatic N) is 2. The van der Waals surface area contributed by atoms with Crippen molar-refractivity contribution in [3.05, 3.63) is 40.6 Å². The van der Waals surface area contributed by atoms with E-state index in [1.54, 1.807) is 27.0 Å². The summed E-state index contributed by atoms with van der Waals surface area (Å²) in [6.07, 6.45) is 1.38. The van der Waals surface area contributed by atoms with Gasteiger partial charge < -0.3 is 20.1 Å². The van der Waals surface area contributed by atoms with Crippen molar-refractivity contribution >= 4 is 23.3 Å². The maximum Gasteiger partial charge on any atom is 0.336 e. The summed E-state index contributed by atoms with van der Waals surface area (Å²) in [6, 6.07) is 5.31. The van der Waals surface area contributed by atoms with E-state index in [-0.39, 0.29) is 18.1 Å². The molecule has 1 aliphatic rings. The number of benzene rings is 1. The number of methoxy groups -OCH3 is 1. The number of piperidine rings is 1. The number of rotatable bonds is 7. The van der Waals surface area contributed by atoms with Crippen LogP contribution in [0.1, 0.15) is 56.5 Å². The SMILES string of the molecule is CC/C(C)=C(C)/N=C(\C)C(=O)NC1CCN(c2ccc(C)c(C(=O)O)c2)CC1OC. The molecule has 1 heterocycles. The molecule has 2 N–H and O–H groups in total. The fourth-order valence-corrected chi connectivity index (χ4v) is 3.52. The molecule has 1 aromatic rings. The van der Waals surface area contributed by atoms with Crippen LogP contribution in [0.2, 0.25) is 0 Å². The quantitative estimate of drug-likeness (QED) is 0.665. The van der Waals surface area contributed by atoms with Crippen molar-refractivity contribution in [3.8, 4) is 0 Å². The monoisotopic (exact) mass is 415 g/mol. The van der Waals surface area contributed by atoms with Crippen molar-refractivity contribution in [2.75, 3.05) is 25.1 Å². The first-order chi connectivity index (χ1) is 14.2.